The van der Waals surface area contributed by atoms with Gasteiger partial charge in [0.05, 0.1) is 17.3 Å². The van der Waals surface area contributed by atoms with E-state index in [1.807, 2.05) is 13.8 Å². The van der Waals surface area contributed by atoms with Crippen molar-refractivity contribution in [3.8, 4) is 5.75 Å². The number of hydrogen-bond acceptors (Lipinski definition) is 3. The zero-order chi connectivity index (χ0) is 13.7. The van der Waals surface area contributed by atoms with Crippen molar-refractivity contribution in [2.24, 2.45) is 0 Å². The van der Waals surface area contributed by atoms with Crippen LogP contribution in [0.25, 0.3) is 0 Å². The quantitative estimate of drug-likeness (QED) is 0.751. The summed E-state index contributed by atoms with van der Waals surface area (Å²) in [6, 6.07) is 5.12. The summed E-state index contributed by atoms with van der Waals surface area (Å²) in [5.41, 5.74) is 0.555. The monoisotopic (exact) mass is 332 g/mol. The fourth-order valence-corrected chi connectivity index (χ4v) is 3.00. The Morgan fingerprint density at radius 3 is 2.67 bits per heavy atom. The predicted octanol–water partition coefficient (Wildman–Crippen LogP) is 3.19. The summed E-state index contributed by atoms with van der Waals surface area (Å²) in [7, 11) is 0.464. The Morgan fingerprint density at radius 1 is 1.50 bits per heavy atom. The van der Waals surface area contributed by atoms with Crippen LogP contribution in [-0.2, 0) is 10.8 Å². The second-order valence-corrected chi connectivity index (χ2v) is 6.73. The first kappa shape index (κ1) is 15.4. The molecule has 18 heavy (non-hydrogen) atoms. The third-order valence-corrected chi connectivity index (χ3v) is 5.17. The minimum Gasteiger partial charge on any atom is -0.496 e. The van der Waals surface area contributed by atoms with Gasteiger partial charge in [-0.15, -0.1) is 0 Å². The smallest absolute Gasteiger partial charge is 0.175 e. The molecule has 0 saturated heterocycles. The van der Waals surface area contributed by atoms with Gasteiger partial charge >= 0.3 is 0 Å². The van der Waals surface area contributed by atoms with Gasteiger partial charge in [0.1, 0.15) is 5.75 Å². The van der Waals surface area contributed by atoms with E-state index in [-0.39, 0.29) is 16.8 Å². The molecule has 0 saturated carbocycles. The van der Waals surface area contributed by atoms with Crippen molar-refractivity contribution in [1.82, 2.24) is 0 Å². The number of carbonyl (C=O) groups is 1. The van der Waals surface area contributed by atoms with Crippen molar-refractivity contribution < 1.29 is 13.7 Å². The van der Waals surface area contributed by atoms with Crippen LogP contribution < -0.4 is 4.74 Å². The first-order chi connectivity index (χ1) is 8.49. The molecule has 0 spiro atoms. The number of methoxy groups -OCH3 is 1. The third-order valence-electron chi connectivity index (χ3n) is 2.77. The van der Waals surface area contributed by atoms with Gasteiger partial charge in [-0.25, -0.2) is 0 Å². The number of benzene rings is 1. The largest absolute Gasteiger partial charge is 0.496 e. The van der Waals surface area contributed by atoms with Crippen LogP contribution in [0, 0.1) is 0 Å². The van der Waals surface area contributed by atoms with Gasteiger partial charge in [0.2, 0.25) is 0 Å². The maximum absolute atomic E-state index is 12.0. The van der Waals surface area contributed by atoms with Gasteiger partial charge in [0.25, 0.3) is 0 Å². The molecule has 0 fully saturated rings. The van der Waals surface area contributed by atoms with E-state index < -0.39 is 10.8 Å². The number of Topliss-reactive ketones (excluding diaryl/α,β-unsaturated/α-hetero) is 1. The van der Waals surface area contributed by atoms with Gasteiger partial charge in [-0.2, -0.15) is 0 Å². The summed E-state index contributed by atoms with van der Waals surface area (Å²) >= 11 is 3.33. The summed E-state index contributed by atoms with van der Waals surface area (Å²) in [4.78, 5) is 12.0. The highest BCUT2D eigenvalue weighted by molar-refractivity contribution is 9.10. The Kier molecular flexibility index (Phi) is 6.02. The Hall–Kier alpha value is -0.680. The molecule has 2 unspecified atom stereocenters. The zero-order valence-corrected chi connectivity index (χ0v) is 13.1. The molecule has 3 nitrogen and oxygen atoms in total. The molecule has 2 atom stereocenters. The predicted molar refractivity (Wildman–Crippen MR) is 77.8 cm³/mol. The molecule has 0 aromatic heterocycles. The Labute approximate surface area is 119 Å². The van der Waals surface area contributed by atoms with Crippen LogP contribution in [0.2, 0.25) is 0 Å². The molecule has 0 aliphatic rings. The van der Waals surface area contributed by atoms with Crippen molar-refractivity contribution in [1.29, 1.82) is 0 Å². The van der Waals surface area contributed by atoms with Gasteiger partial charge in [-0.05, 0) is 40.5 Å². The van der Waals surface area contributed by atoms with Gasteiger partial charge in [0.15, 0.2) is 5.78 Å². The molecule has 0 amide bonds. The summed E-state index contributed by atoms with van der Waals surface area (Å²) in [6.45, 7) is 3.87. The maximum Gasteiger partial charge on any atom is 0.175 e. The summed E-state index contributed by atoms with van der Waals surface area (Å²) < 4.78 is 17.6. The van der Waals surface area contributed by atoms with Gasteiger partial charge in [-0.1, -0.05) is 13.8 Å². The number of carbonyl (C=O) groups excluding carboxylic acids is 1. The van der Waals surface area contributed by atoms with E-state index in [0.29, 0.717) is 11.3 Å². The minimum atomic E-state index is -1.11. The standard InChI is InChI=1S/C13H17BrO3S/c1-4-9(2)18(16)8-12(15)10-5-6-13(17-3)11(14)7-10/h5-7,9H,4,8H2,1-3H3. The van der Waals surface area contributed by atoms with Gasteiger partial charge < -0.3 is 4.74 Å². The number of hydrogen-bond donors (Lipinski definition) is 0. The molecule has 100 valence electrons. The third kappa shape index (κ3) is 3.92. The molecule has 1 aromatic carbocycles. The van der Waals surface area contributed by atoms with Crippen LogP contribution in [-0.4, -0.2) is 28.1 Å². The lowest BCUT2D eigenvalue weighted by Crippen LogP contribution is -2.19. The lowest BCUT2D eigenvalue weighted by atomic mass is 10.1. The van der Waals surface area contributed by atoms with E-state index in [0.717, 1.165) is 10.9 Å². The molecular formula is C13H17BrO3S. The average molecular weight is 333 g/mol. The first-order valence-electron chi connectivity index (χ1n) is 5.73. The highest BCUT2D eigenvalue weighted by Gasteiger charge is 2.16. The van der Waals surface area contributed by atoms with Crippen LogP contribution in [0.15, 0.2) is 22.7 Å². The molecule has 0 aliphatic heterocycles. The Bertz CT molecular complexity index is 460. The van der Waals surface area contributed by atoms with Crippen molar-refractivity contribution in [3.05, 3.63) is 28.2 Å². The fraction of sp³-hybridized carbons (Fsp3) is 0.462. The molecule has 1 aromatic rings. The number of halogens is 1. The van der Waals surface area contributed by atoms with Crippen molar-refractivity contribution >= 4 is 32.5 Å². The molecule has 0 radical (unpaired) electrons. The molecular weight excluding hydrogens is 316 g/mol. The Morgan fingerprint density at radius 2 is 2.17 bits per heavy atom. The molecule has 5 heteroatoms. The van der Waals surface area contributed by atoms with Crippen molar-refractivity contribution in [2.45, 2.75) is 25.5 Å². The topological polar surface area (TPSA) is 43.4 Å². The van der Waals surface area contributed by atoms with Crippen molar-refractivity contribution in [2.75, 3.05) is 12.9 Å². The Balaban J connectivity index is 2.79. The van der Waals surface area contributed by atoms with E-state index >= 15 is 0 Å². The van der Waals surface area contributed by atoms with Crippen LogP contribution in [0.1, 0.15) is 30.6 Å². The molecule has 1 rings (SSSR count). The van der Waals surface area contributed by atoms with Crippen LogP contribution >= 0.6 is 15.9 Å². The van der Waals surface area contributed by atoms with Crippen molar-refractivity contribution in [3.63, 3.8) is 0 Å². The van der Waals surface area contributed by atoms with Crippen LogP contribution in [0.4, 0.5) is 0 Å². The van der Waals surface area contributed by atoms with E-state index in [4.69, 9.17) is 4.74 Å². The number of ketones is 1. The lowest BCUT2D eigenvalue weighted by molar-refractivity contribution is 0.102. The molecule has 0 bridgehead atoms. The van der Waals surface area contributed by atoms with E-state index in [1.54, 1.807) is 25.3 Å². The van der Waals surface area contributed by atoms with Crippen LogP contribution in [0.5, 0.6) is 5.75 Å². The fourth-order valence-electron chi connectivity index (χ4n) is 1.38. The highest BCUT2D eigenvalue weighted by atomic mass is 79.9. The maximum atomic E-state index is 12.0. The van der Waals surface area contributed by atoms with E-state index in [1.165, 1.54) is 0 Å². The lowest BCUT2D eigenvalue weighted by Gasteiger charge is -2.09. The minimum absolute atomic E-state index is 0.0515. The van der Waals surface area contributed by atoms with Gasteiger partial charge in [0, 0.05) is 21.6 Å². The second-order valence-electron chi connectivity index (χ2n) is 4.02. The normalized spacial score (nSPS) is 14.0. The summed E-state index contributed by atoms with van der Waals surface area (Å²) in [5.74, 6) is 0.653. The van der Waals surface area contributed by atoms with E-state index in [2.05, 4.69) is 15.9 Å². The molecule has 0 heterocycles. The second kappa shape index (κ2) is 7.04. The average Bonchev–Trinajstić information content (AvgIpc) is 2.37. The molecule has 0 N–H and O–H groups in total. The van der Waals surface area contributed by atoms with Crippen LogP contribution in [0.3, 0.4) is 0 Å². The van der Waals surface area contributed by atoms with E-state index in [9.17, 15) is 9.00 Å². The summed E-state index contributed by atoms with van der Waals surface area (Å²) in [6.07, 6.45) is 0.812. The molecule has 0 aliphatic carbocycles. The zero-order valence-electron chi connectivity index (χ0n) is 10.7. The number of rotatable bonds is 6. The highest BCUT2D eigenvalue weighted by Crippen LogP contribution is 2.25. The first-order valence-corrected chi connectivity index (χ1v) is 7.91. The van der Waals surface area contributed by atoms with Gasteiger partial charge in [-0.3, -0.25) is 9.00 Å². The number of ether oxygens (including phenoxy) is 1. The SMILES string of the molecule is CCC(C)S(=O)CC(=O)c1ccc(OC)c(Br)c1. The summed E-state index contributed by atoms with van der Waals surface area (Å²) in [5, 5.41) is 0.0515.